The van der Waals surface area contributed by atoms with E-state index in [9.17, 15) is 4.79 Å². The summed E-state index contributed by atoms with van der Waals surface area (Å²) in [5.74, 6) is 0.373. The Morgan fingerprint density at radius 1 is 1.27 bits per heavy atom. The molecule has 2 fully saturated rings. The Morgan fingerprint density at radius 3 is 2.87 bits per heavy atom. The van der Waals surface area contributed by atoms with Crippen molar-refractivity contribution in [2.45, 2.75) is 44.1 Å². The van der Waals surface area contributed by atoms with E-state index in [0.29, 0.717) is 17.9 Å². The first-order chi connectivity index (χ1) is 14.6. The van der Waals surface area contributed by atoms with Gasteiger partial charge in [0.1, 0.15) is 30.1 Å². The molecule has 2 aliphatic heterocycles. The van der Waals surface area contributed by atoms with Crippen molar-refractivity contribution in [3.8, 4) is 11.3 Å². The Balaban J connectivity index is 1.40. The maximum atomic E-state index is 12.7. The van der Waals surface area contributed by atoms with Crippen molar-refractivity contribution >= 4 is 22.8 Å². The highest BCUT2D eigenvalue weighted by molar-refractivity contribution is 5.99. The Bertz CT molecular complexity index is 1070. The van der Waals surface area contributed by atoms with Gasteiger partial charge in [-0.2, -0.15) is 5.10 Å². The lowest BCUT2D eigenvalue weighted by molar-refractivity contribution is -0.134. The van der Waals surface area contributed by atoms with Crippen LogP contribution < -0.4 is 16.4 Å². The van der Waals surface area contributed by atoms with Crippen molar-refractivity contribution in [2.24, 2.45) is 7.05 Å². The highest BCUT2D eigenvalue weighted by Crippen LogP contribution is 2.37. The minimum absolute atomic E-state index is 0.0278. The first-order valence-electron chi connectivity index (χ1n) is 10.4. The van der Waals surface area contributed by atoms with Crippen LogP contribution in [0.25, 0.3) is 22.3 Å². The number of fused-ring (bicyclic) bond motifs is 1. The lowest BCUT2D eigenvalue weighted by Crippen LogP contribution is -2.46. The van der Waals surface area contributed by atoms with Crippen molar-refractivity contribution in [2.75, 3.05) is 18.8 Å². The van der Waals surface area contributed by atoms with Crippen LogP contribution in [-0.4, -0.2) is 55.5 Å². The molecule has 0 bridgehead atoms. The summed E-state index contributed by atoms with van der Waals surface area (Å²) in [4.78, 5) is 21.3. The van der Waals surface area contributed by atoms with E-state index in [0.717, 1.165) is 49.0 Å². The van der Waals surface area contributed by atoms with E-state index >= 15 is 0 Å². The van der Waals surface area contributed by atoms with Crippen LogP contribution in [-0.2, 0) is 16.6 Å². The molecule has 30 heavy (non-hydrogen) atoms. The van der Waals surface area contributed by atoms with Crippen LogP contribution in [0.4, 0.5) is 5.82 Å². The van der Waals surface area contributed by atoms with Crippen LogP contribution in [0.1, 0.15) is 31.9 Å². The van der Waals surface area contributed by atoms with E-state index in [1.807, 2.05) is 30.1 Å². The smallest absolute Gasteiger partial charge is 0.249 e. The molecule has 0 saturated carbocycles. The Kier molecular flexibility index (Phi) is 4.87. The average molecular weight is 410 g/mol. The number of hydrogen-bond acceptors (Lipinski definition) is 7. The van der Waals surface area contributed by atoms with Crippen molar-refractivity contribution in [1.29, 1.82) is 0 Å². The molecular weight excluding hydrogens is 384 g/mol. The third-order valence-electron chi connectivity index (χ3n) is 5.91. The van der Waals surface area contributed by atoms with Crippen LogP contribution in [0.5, 0.6) is 0 Å². The fourth-order valence-electron chi connectivity index (χ4n) is 4.36. The second kappa shape index (κ2) is 7.69. The fraction of sp³-hybridized carbons (Fsp3) is 0.500. The minimum Gasteiger partial charge on any atom is -0.383 e. The summed E-state index contributed by atoms with van der Waals surface area (Å²) in [6.07, 6.45) is 7.83. The first kappa shape index (κ1) is 19.0. The van der Waals surface area contributed by atoms with Crippen LogP contribution in [0.15, 0.2) is 24.8 Å². The monoisotopic (exact) mass is 410 g/mol. The highest BCUT2D eigenvalue weighted by atomic mass is 16.5. The van der Waals surface area contributed by atoms with E-state index in [1.165, 1.54) is 6.33 Å². The number of anilines is 1. The van der Waals surface area contributed by atoms with E-state index in [1.54, 1.807) is 4.68 Å². The van der Waals surface area contributed by atoms with E-state index < -0.39 is 6.10 Å². The maximum Gasteiger partial charge on any atom is 0.249 e. The summed E-state index contributed by atoms with van der Waals surface area (Å²) in [5, 5.41) is 11.7. The van der Waals surface area contributed by atoms with Gasteiger partial charge < -0.3 is 25.7 Å². The molecule has 0 spiro atoms. The van der Waals surface area contributed by atoms with E-state index in [2.05, 4.69) is 25.7 Å². The molecular formula is C20H26N8O2. The average Bonchev–Trinajstić information content (AvgIpc) is 3.47. The number of rotatable bonds is 4. The number of amides is 1. The van der Waals surface area contributed by atoms with Crippen molar-refractivity contribution in [3.05, 3.63) is 24.8 Å². The minimum atomic E-state index is -0.458. The Hall–Kier alpha value is -2.98. The molecule has 1 amide bonds. The van der Waals surface area contributed by atoms with Gasteiger partial charge in [-0.05, 0) is 44.8 Å². The van der Waals surface area contributed by atoms with Gasteiger partial charge in [-0.15, -0.1) is 0 Å². The number of nitrogens with one attached hydrogen (secondary N) is 2. The standard InChI is InChI=1S/C20H26N8O2/c1-27-9-6-14(26-27)13-10-28(19-17(13)18(21)23-11-24-19)16-3-2-15(30-16)20(29)25-12-4-7-22-8-5-12/h6,9-12,15-16,22H,2-5,7-8H2,1H3,(H,25,29)(H2,21,23,24). The number of nitrogens with zero attached hydrogens (tertiary/aromatic N) is 5. The zero-order valence-electron chi connectivity index (χ0n) is 16.9. The maximum absolute atomic E-state index is 12.7. The number of carbonyl (C=O) groups is 1. The highest BCUT2D eigenvalue weighted by Gasteiger charge is 2.34. The summed E-state index contributed by atoms with van der Waals surface area (Å²) in [7, 11) is 1.87. The summed E-state index contributed by atoms with van der Waals surface area (Å²) in [6, 6.07) is 2.15. The number of nitrogens with two attached hydrogens (primary N) is 1. The number of hydrogen-bond donors (Lipinski definition) is 3. The van der Waals surface area contributed by atoms with Gasteiger partial charge >= 0.3 is 0 Å². The van der Waals surface area contributed by atoms with Gasteiger partial charge in [-0.1, -0.05) is 0 Å². The molecule has 0 radical (unpaired) electrons. The van der Waals surface area contributed by atoms with Crippen LogP contribution in [0.2, 0.25) is 0 Å². The number of aromatic nitrogens is 5. The first-order valence-corrected chi connectivity index (χ1v) is 10.4. The van der Waals surface area contributed by atoms with Gasteiger partial charge in [0.2, 0.25) is 5.91 Å². The zero-order chi connectivity index (χ0) is 20.7. The van der Waals surface area contributed by atoms with Gasteiger partial charge in [-0.3, -0.25) is 9.48 Å². The van der Waals surface area contributed by atoms with Crippen LogP contribution in [0, 0.1) is 0 Å². The molecule has 10 nitrogen and oxygen atoms in total. The summed E-state index contributed by atoms with van der Waals surface area (Å²) in [5.41, 5.74) is 8.52. The molecule has 2 unspecified atom stereocenters. The second-order valence-corrected chi connectivity index (χ2v) is 7.97. The number of aryl methyl sites for hydroxylation is 1. The molecule has 158 valence electrons. The Labute approximate surface area is 173 Å². The van der Waals surface area contributed by atoms with Crippen molar-refractivity contribution in [1.82, 2.24) is 34.9 Å². The molecule has 4 N–H and O–H groups in total. The molecule has 0 aliphatic carbocycles. The van der Waals surface area contributed by atoms with Gasteiger partial charge in [0.05, 0.1) is 11.1 Å². The van der Waals surface area contributed by atoms with Crippen molar-refractivity contribution in [3.63, 3.8) is 0 Å². The van der Waals surface area contributed by atoms with E-state index in [-0.39, 0.29) is 18.2 Å². The van der Waals surface area contributed by atoms with Gasteiger partial charge in [0, 0.05) is 31.0 Å². The molecule has 0 aromatic carbocycles. The van der Waals surface area contributed by atoms with Crippen LogP contribution >= 0.6 is 0 Å². The third kappa shape index (κ3) is 3.41. The number of carbonyl (C=O) groups excluding carboxylic acids is 1. The lowest BCUT2D eigenvalue weighted by Gasteiger charge is -2.25. The fourth-order valence-corrected chi connectivity index (χ4v) is 4.36. The molecule has 3 aromatic heterocycles. The number of piperidine rings is 1. The number of nitrogen functional groups attached to an aromatic ring is 1. The summed E-state index contributed by atoms with van der Waals surface area (Å²) < 4.78 is 9.86. The topological polar surface area (TPSA) is 125 Å². The summed E-state index contributed by atoms with van der Waals surface area (Å²) in [6.45, 7) is 1.87. The van der Waals surface area contributed by atoms with E-state index in [4.69, 9.17) is 10.5 Å². The number of ether oxygens (including phenoxy) is 1. The molecule has 5 rings (SSSR count). The molecule has 3 aromatic rings. The van der Waals surface area contributed by atoms with Crippen LogP contribution in [0.3, 0.4) is 0 Å². The van der Waals surface area contributed by atoms with Crippen molar-refractivity contribution < 1.29 is 9.53 Å². The summed E-state index contributed by atoms with van der Waals surface area (Å²) >= 11 is 0. The SMILES string of the molecule is Cn1ccc(-c2cn(C3CCC(C(=O)NC4CCNCC4)O3)c3ncnc(N)c23)n1. The molecule has 2 aliphatic rings. The zero-order valence-corrected chi connectivity index (χ0v) is 16.9. The van der Waals surface area contributed by atoms with Gasteiger partial charge in [0.15, 0.2) is 0 Å². The second-order valence-electron chi connectivity index (χ2n) is 7.97. The van der Waals surface area contributed by atoms with Gasteiger partial charge in [0.25, 0.3) is 0 Å². The quantitative estimate of drug-likeness (QED) is 0.585. The largest absolute Gasteiger partial charge is 0.383 e. The van der Waals surface area contributed by atoms with Gasteiger partial charge in [-0.25, -0.2) is 9.97 Å². The molecule has 2 saturated heterocycles. The third-order valence-corrected chi connectivity index (χ3v) is 5.91. The Morgan fingerprint density at radius 2 is 2.10 bits per heavy atom. The molecule has 5 heterocycles. The lowest BCUT2D eigenvalue weighted by atomic mass is 10.1. The molecule has 10 heteroatoms. The predicted octanol–water partition coefficient (Wildman–Crippen LogP) is 0.960. The predicted molar refractivity (Wildman–Crippen MR) is 111 cm³/mol. The normalized spacial score (nSPS) is 22.6. The molecule has 2 atom stereocenters.